The molecule has 1 aliphatic heterocycles. The normalized spacial score (nSPS) is 20.5. The fourth-order valence-electron chi connectivity index (χ4n) is 2.59. The van der Waals surface area contributed by atoms with Gasteiger partial charge in [0.25, 0.3) is 0 Å². The number of hydrogen-bond acceptors (Lipinski definition) is 4. The topological polar surface area (TPSA) is 50.7 Å². The molecule has 1 saturated carbocycles. The van der Waals surface area contributed by atoms with Gasteiger partial charge in [-0.25, -0.2) is 0 Å². The highest BCUT2D eigenvalue weighted by molar-refractivity contribution is 5.45. The zero-order chi connectivity index (χ0) is 15.7. The van der Waals surface area contributed by atoms with E-state index in [2.05, 4.69) is 5.32 Å². The molecule has 1 aromatic rings. The second-order valence-corrected chi connectivity index (χ2v) is 5.68. The number of nitrogens with one attached hydrogen (secondary N) is 1. The molecule has 1 aromatic carbocycles. The van der Waals surface area contributed by atoms with E-state index in [1.54, 1.807) is 6.07 Å². The van der Waals surface area contributed by atoms with Gasteiger partial charge in [-0.15, -0.1) is 0 Å². The van der Waals surface area contributed by atoms with E-state index in [1.165, 1.54) is 0 Å². The first-order valence-corrected chi connectivity index (χ1v) is 7.33. The highest BCUT2D eigenvalue weighted by atomic mass is 19.4. The zero-order valence-electron chi connectivity index (χ0n) is 11.9. The van der Waals surface area contributed by atoms with Crippen LogP contribution in [-0.4, -0.2) is 37.1 Å². The molecule has 1 fully saturated rings. The van der Waals surface area contributed by atoms with Gasteiger partial charge in [-0.3, -0.25) is 0 Å². The Labute approximate surface area is 126 Å². The molecule has 122 valence electrons. The third-order valence-corrected chi connectivity index (χ3v) is 3.93. The van der Waals surface area contributed by atoms with E-state index >= 15 is 0 Å². The lowest BCUT2D eigenvalue weighted by atomic mass is 10.0. The number of halogens is 3. The molecule has 0 saturated heterocycles. The van der Waals surface area contributed by atoms with Gasteiger partial charge in [-0.2, -0.15) is 13.2 Å². The van der Waals surface area contributed by atoms with Gasteiger partial charge in [0.2, 0.25) is 0 Å². The summed E-state index contributed by atoms with van der Waals surface area (Å²) in [4.78, 5) is 0. The Morgan fingerprint density at radius 1 is 1.18 bits per heavy atom. The molecule has 7 heteroatoms. The molecule has 3 rings (SSSR count). The fourth-order valence-corrected chi connectivity index (χ4v) is 2.59. The molecule has 0 bridgehead atoms. The first-order chi connectivity index (χ1) is 10.4. The van der Waals surface area contributed by atoms with Crippen molar-refractivity contribution in [3.05, 3.63) is 23.8 Å². The number of ether oxygens (including phenoxy) is 2. The van der Waals surface area contributed by atoms with E-state index in [1.807, 2.05) is 12.1 Å². The predicted molar refractivity (Wildman–Crippen MR) is 73.0 cm³/mol. The molecule has 4 nitrogen and oxygen atoms in total. The van der Waals surface area contributed by atoms with Crippen molar-refractivity contribution >= 4 is 0 Å². The second-order valence-electron chi connectivity index (χ2n) is 5.68. The number of aliphatic hydroxyl groups is 1. The van der Waals surface area contributed by atoms with Gasteiger partial charge in [0, 0.05) is 12.6 Å². The Balaban J connectivity index is 1.71. The number of rotatable bonds is 5. The number of alkyl halides is 3. The molecule has 0 spiro atoms. The largest absolute Gasteiger partial charge is 0.486 e. The summed E-state index contributed by atoms with van der Waals surface area (Å²) in [6.45, 7) is 0.443. The van der Waals surface area contributed by atoms with E-state index in [0.717, 1.165) is 18.4 Å². The minimum absolute atomic E-state index is 0.215. The van der Waals surface area contributed by atoms with Gasteiger partial charge in [0.15, 0.2) is 17.6 Å². The van der Waals surface area contributed by atoms with Gasteiger partial charge in [0.05, 0.1) is 0 Å². The van der Waals surface area contributed by atoms with Gasteiger partial charge in [0.1, 0.15) is 13.2 Å². The molecule has 1 aliphatic carbocycles. The average Bonchev–Trinajstić information content (AvgIpc) is 3.31. The first kappa shape index (κ1) is 15.4. The Bertz CT molecular complexity index is 531. The van der Waals surface area contributed by atoms with Crippen LogP contribution < -0.4 is 14.8 Å². The monoisotopic (exact) mass is 317 g/mol. The lowest BCUT2D eigenvalue weighted by Gasteiger charge is -2.24. The summed E-state index contributed by atoms with van der Waals surface area (Å²) in [5.41, 5.74) is 0.862. The minimum Gasteiger partial charge on any atom is -0.486 e. The molecule has 22 heavy (non-hydrogen) atoms. The van der Waals surface area contributed by atoms with Crippen molar-refractivity contribution in [2.24, 2.45) is 5.92 Å². The van der Waals surface area contributed by atoms with Crippen molar-refractivity contribution in [1.82, 2.24) is 5.32 Å². The van der Waals surface area contributed by atoms with Crippen molar-refractivity contribution in [3.63, 3.8) is 0 Å². The number of fused-ring (bicyclic) bond motifs is 1. The van der Waals surface area contributed by atoms with Gasteiger partial charge >= 0.3 is 6.18 Å². The number of benzene rings is 1. The minimum atomic E-state index is -4.60. The van der Waals surface area contributed by atoms with E-state index in [0.29, 0.717) is 30.6 Å². The van der Waals surface area contributed by atoms with Crippen LogP contribution in [0.15, 0.2) is 18.2 Å². The standard InChI is InChI=1S/C15H18F3NO3/c16-15(17,18)13(20)8-19-14(9-1-2-9)10-3-4-11-12(7-10)22-6-5-21-11/h3-4,7,9,13-14,19-20H,1-2,5-6,8H2/t13-,14+/m0/s1. The Hall–Kier alpha value is -1.47. The van der Waals surface area contributed by atoms with Crippen molar-refractivity contribution in [2.45, 2.75) is 31.2 Å². The molecule has 2 atom stereocenters. The van der Waals surface area contributed by atoms with Gasteiger partial charge in [-0.05, 0) is 36.5 Å². The highest BCUT2D eigenvalue weighted by Gasteiger charge is 2.40. The first-order valence-electron chi connectivity index (χ1n) is 7.33. The quantitative estimate of drug-likeness (QED) is 0.876. The fraction of sp³-hybridized carbons (Fsp3) is 0.600. The number of aliphatic hydroxyl groups excluding tert-OH is 1. The summed E-state index contributed by atoms with van der Waals surface area (Å²) >= 11 is 0. The maximum atomic E-state index is 12.4. The summed E-state index contributed by atoms with van der Waals surface area (Å²) in [5.74, 6) is 1.57. The highest BCUT2D eigenvalue weighted by Crippen LogP contribution is 2.43. The molecular formula is C15H18F3NO3. The van der Waals surface area contributed by atoms with Crippen LogP contribution in [0.5, 0.6) is 11.5 Å². The van der Waals surface area contributed by atoms with Crippen LogP contribution in [0, 0.1) is 5.92 Å². The van der Waals surface area contributed by atoms with Crippen molar-refractivity contribution < 1.29 is 27.8 Å². The third kappa shape index (κ3) is 3.47. The van der Waals surface area contributed by atoms with Crippen LogP contribution in [0.3, 0.4) is 0 Å². The van der Waals surface area contributed by atoms with Crippen molar-refractivity contribution in [2.75, 3.05) is 19.8 Å². The summed E-state index contributed by atoms with van der Waals surface area (Å²) < 4.78 is 48.2. The lowest BCUT2D eigenvalue weighted by molar-refractivity contribution is -0.202. The van der Waals surface area contributed by atoms with Crippen LogP contribution >= 0.6 is 0 Å². The molecule has 2 N–H and O–H groups in total. The van der Waals surface area contributed by atoms with Crippen LogP contribution in [0.25, 0.3) is 0 Å². The van der Waals surface area contributed by atoms with Gasteiger partial charge in [-0.1, -0.05) is 6.07 Å². The van der Waals surface area contributed by atoms with Crippen LogP contribution in [0.1, 0.15) is 24.4 Å². The molecule has 2 aliphatic rings. The summed E-state index contributed by atoms with van der Waals surface area (Å²) in [7, 11) is 0. The smallest absolute Gasteiger partial charge is 0.415 e. The molecule has 1 heterocycles. The van der Waals surface area contributed by atoms with Crippen LogP contribution in [0.2, 0.25) is 0 Å². The Kier molecular flexibility index (Phi) is 4.18. The SMILES string of the molecule is O[C@@H](CN[C@@H](c1ccc2c(c1)OCCO2)C1CC1)C(F)(F)F. The average molecular weight is 317 g/mol. The van der Waals surface area contributed by atoms with E-state index in [9.17, 15) is 13.2 Å². The van der Waals surface area contributed by atoms with Crippen LogP contribution in [0.4, 0.5) is 13.2 Å². The maximum absolute atomic E-state index is 12.4. The van der Waals surface area contributed by atoms with E-state index < -0.39 is 18.8 Å². The molecule has 0 radical (unpaired) electrons. The molecular weight excluding hydrogens is 299 g/mol. The summed E-state index contributed by atoms with van der Waals surface area (Å²) in [6, 6.07) is 5.21. The Morgan fingerprint density at radius 3 is 2.50 bits per heavy atom. The van der Waals surface area contributed by atoms with Crippen molar-refractivity contribution in [3.8, 4) is 11.5 Å². The third-order valence-electron chi connectivity index (χ3n) is 3.93. The van der Waals surface area contributed by atoms with E-state index in [-0.39, 0.29) is 6.04 Å². The number of hydrogen-bond donors (Lipinski definition) is 2. The predicted octanol–water partition coefficient (Wildman–Crippen LogP) is 2.42. The molecule has 0 aromatic heterocycles. The molecule has 0 unspecified atom stereocenters. The van der Waals surface area contributed by atoms with Gasteiger partial charge < -0.3 is 19.9 Å². The molecule has 0 amide bonds. The zero-order valence-corrected chi connectivity index (χ0v) is 11.9. The van der Waals surface area contributed by atoms with Crippen molar-refractivity contribution in [1.29, 1.82) is 0 Å². The summed E-state index contributed by atoms with van der Waals surface area (Å²) in [6.07, 6.45) is -5.03. The summed E-state index contributed by atoms with van der Waals surface area (Å²) in [5, 5.41) is 12.0. The maximum Gasteiger partial charge on any atom is 0.415 e. The lowest BCUT2D eigenvalue weighted by Crippen LogP contribution is -2.40. The van der Waals surface area contributed by atoms with Crippen LogP contribution in [-0.2, 0) is 0 Å². The second kappa shape index (κ2) is 5.96. The van der Waals surface area contributed by atoms with E-state index in [4.69, 9.17) is 14.6 Å². The Morgan fingerprint density at radius 2 is 1.86 bits per heavy atom.